The summed E-state index contributed by atoms with van der Waals surface area (Å²) in [5.41, 5.74) is 1.51. The van der Waals surface area contributed by atoms with Crippen molar-refractivity contribution in [3.05, 3.63) is 54.1 Å². The zero-order valence-corrected chi connectivity index (χ0v) is 19.7. The van der Waals surface area contributed by atoms with Gasteiger partial charge < -0.3 is 10.1 Å². The summed E-state index contributed by atoms with van der Waals surface area (Å²) in [6.45, 7) is 0.771. The van der Waals surface area contributed by atoms with Gasteiger partial charge in [0.1, 0.15) is 0 Å². The Balaban J connectivity index is 1.45. The number of hydrogen-bond acceptors (Lipinski definition) is 6. The van der Waals surface area contributed by atoms with E-state index in [1.165, 1.54) is 16.1 Å². The Morgan fingerprint density at radius 3 is 2.41 bits per heavy atom. The van der Waals surface area contributed by atoms with E-state index in [0.29, 0.717) is 25.2 Å². The third kappa shape index (κ3) is 6.57. The van der Waals surface area contributed by atoms with Crippen LogP contribution in [0.1, 0.15) is 31.2 Å². The molecule has 1 fully saturated rings. The molecule has 1 N–H and O–H groups in total. The molecule has 0 bridgehead atoms. The van der Waals surface area contributed by atoms with Gasteiger partial charge in [0.05, 0.1) is 10.6 Å². The number of thioether (sulfide) groups is 1. The molecule has 1 aliphatic rings. The minimum absolute atomic E-state index is 0.104. The van der Waals surface area contributed by atoms with E-state index in [0.717, 1.165) is 29.7 Å². The summed E-state index contributed by atoms with van der Waals surface area (Å²) in [6.07, 6.45) is 5.27. The van der Waals surface area contributed by atoms with Crippen LogP contribution in [0.3, 0.4) is 0 Å². The van der Waals surface area contributed by atoms with Crippen molar-refractivity contribution in [2.24, 2.45) is 0 Å². The van der Waals surface area contributed by atoms with Crippen LogP contribution in [0.15, 0.2) is 58.3 Å². The Hall–Kier alpha value is -2.36. The quantitative estimate of drug-likeness (QED) is 0.438. The normalized spacial score (nSPS) is 14.7. The summed E-state index contributed by atoms with van der Waals surface area (Å²) in [5, 5.41) is 2.74. The van der Waals surface area contributed by atoms with Crippen LogP contribution in [0.5, 0.6) is 0 Å². The lowest BCUT2D eigenvalue weighted by Gasteiger charge is -2.25. The molecule has 7 nitrogen and oxygen atoms in total. The fourth-order valence-corrected chi connectivity index (χ4v) is 5.55. The molecule has 0 aromatic heterocycles. The number of esters is 1. The summed E-state index contributed by atoms with van der Waals surface area (Å²) in [4.78, 5) is 25.3. The highest BCUT2D eigenvalue weighted by atomic mass is 32.2. The van der Waals surface area contributed by atoms with Gasteiger partial charge in [-0.15, -0.1) is 11.8 Å². The van der Waals surface area contributed by atoms with Crippen molar-refractivity contribution in [1.82, 2.24) is 4.31 Å². The summed E-state index contributed by atoms with van der Waals surface area (Å²) in [6, 6.07) is 14.0. The number of amides is 1. The number of benzene rings is 2. The molecule has 0 aliphatic carbocycles. The number of carbonyl (C=O) groups is 2. The number of sulfonamides is 1. The number of ether oxygens (including phenoxy) is 1. The molecule has 0 spiro atoms. The van der Waals surface area contributed by atoms with E-state index in [1.54, 1.807) is 30.3 Å². The molecule has 0 unspecified atom stereocenters. The van der Waals surface area contributed by atoms with Crippen LogP contribution in [-0.4, -0.2) is 50.6 Å². The SMILES string of the molecule is CSc1ccccc1NC(=O)COC(=O)CCc1ccc(S(=O)(=O)N2CCCCC2)cc1. The number of nitrogens with zero attached hydrogens (tertiary/aromatic N) is 1. The summed E-state index contributed by atoms with van der Waals surface area (Å²) >= 11 is 1.52. The zero-order chi connectivity index (χ0) is 23.0. The second-order valence-corrected chi connectivity index (χ2v) is 10.3. The van der Waals surface area contributed by atoms with Crippen LogP contribution in [0.2, 0.25) is 0 Å². The molecule has 2 aromatic carbocycles. The molecule has 1 amide bonds. The standard InChI is InChI=1S/C23H28N2O5S2/c1-31-21-8-4-3-7-20(21)24-22(26)17-30-23(27)14-11-18-9-12-19(13-10-18)32(28,29)25-15-5-2-6-16-25/h3-4,7-10,12-13H,2,5-6,11,14-17H2,1H3,(H,24,26). The Bertz CT molecular complexity index is 1030. The molecule has 0 saturated carbocycles. The largest absolute Gasteiger partial charge is 0.456 e. The first-order valence-electron chi connectivity index (χ1n) is 10.6. The predicted molar refractivity (Wildman–Crippen MR) is 125 cm³/mol. The molecule has 0 radical (unpaired) electrons. The number of hydrogen-bond donors (Lipinski definition) is 1. The van der Waals surface area contributed by atoms with Crippen molar-refractivity contribution in [3.63, 3.8) is 0 Å². The first kappa shape index (κ1) is 24.3. The number of rotatable bonds is 9. The van der Waals surface area contributed by atoms with Crippen molar-refractivity contribution in [3.8, 4) is 0 Å². The third-order valence-electron chi connectivity index (χ3n) is 5.24. The second kappa shape index (κ2) is 11.5. The van der Waals surface area contributed by atoms with Gasteiger partial charge in [0, 0.05) is 24.4 Å². The monoisotopic (exact) mass is 476 g/mol. The zero-order valence-electron chi connectivity index (χ0n) is 18.1. The van der Waals surface area contributed by atoms with Crippen LogP contribution in [0.4, 0.5) is 5.69 Å². The lowest BCUT2D eigenvalue weighted by atomic mass is 10.1. The molecule has 1 aliphatic heterocycles. The van der Waals surface area contributed by atoms with Crippen molar-refractivity contribution >= 4 is 39.3 Å². The fraction of sp³-hybridized carbons (Fsp3) is 0.391. The molecule has 32 heavy (non-hydrogen) atoms. The van der Waals surface area contributed by atoms with Crippen molar-refractivity contribution in [2.75, 3.05) is 31.3 Å². The number of aryl methyl sites for hydroxylation is 1. The fourth-order valence-electron chi connectivity index (χ4n) is 3.48. The summed E-state index contributed by atoms with van der Waals surface area (Å²) in [5.74, 6) is -0.879. The van der Waals surface area contributed by atoms with Crippen LogP contribution < -0.4 is 5.32 Å². The highest BCUT2D eigenvalue weighted by Crippen LogP contribution is 2.24. The van der Waals surface area contributed by atoms with E-state index in [-0.39, 0.29) is 17.9 Å². The van der Waals surface area contributed by atoms with Crippen LogP contribution in [-0.2, 0) is 30.8 Å². The van der Waals surface area contributed by atoms with E-state index in [1.807, 2.05) is 24.5 Å². The van der Waals surface area contributed by atoms with Crippen LogP contribution in [0, 0.1) is 0 Å². The Labute approximate surface area is 193 Å². The van der Waals surface area contributed by atoms with Gasteiger partial charge in [0.2, 0.25) is 10.0 Å². The van der Waals surface area contributed by atoms with Crippen LogP contribution >= 0.6 is 11.8 Å². The maximum atomic E-state index is 12.7. The van der Waals surface area contributed by atoms with E-state index >= 15 is 0 Å². The second-order valence-electron chi connectivity index (χ2n) is 7.52. The topological polar surface area (TPSA) is 92.8 Å². The average Bonchev–Trinajstić information content (AvgIpc) is 2.82. The highest BCUT2D eigenvalue weighted by molar-refractivity contribution is 7.98. The Morgan fingerprint density at radius 2 is 1.72 bits per heavy atom. The third-order valence-corrected chi connectivity index (χ3v) is 7.95. The Morgan fingerprint density at radius 1 is 1.03 bits per heavy atom. The smallest absolute Gasteiger partial charge is 0.306 e. The summed E-state index contributed by atoms with van der Waals surface area (Å²) < 4.78 is 32.0. The first-order valence-corrected chi connectivity index (χ1v) is 13.2. The number of carbonyl (C=O) groups excluding carboxylic acids is 2. The van der Waals surface area contributed by atoms with Gasteiger partial charge in [-0.05, 0) is 55.3 Å². The summed E-state index contributed by atoms with van der Waals surface area (Å²) in [7, 11) is -3.46. The Kier molecular flexibility index (Phi) is 8.72. The molecule has 9 heteroatoms. The minimum atomic E-state index is -3.46. The van der Waals surface area contributed by atoms with Gasteiger partial charge in [-0.25, -0.2) is 8.42 Å². The highest BCUT2D eigenvalue weighted by Gasteiger charge is 2.25. The molecule has 3 rings (SSSR count). The minimum Gasteiger partial charge on any atom is -0.456 e. The van der Waals surface area contributed by atoms with Crippen molar-refractivity contribution < 1.29 is 22.7 Å². The molecule has 1 heterocycles. The maximum Gasteiger partial charge on any atom is 0.306 e. The lowest BCUT2D eigenvalue weighted by molar-refractivity contribution is -0.147. The predicted octanol–water partition coefficient (Wildman–Crippen LogP) is 3.70. The molecular weight excluding hydrogens is 448 g/mol. The van der Waals surface area contributed by atoms with E-state index in [4.69, 9.17) is 4.74 Å². The van der Waals surface area contributed by atoms with Gasteiger partial charge in [0.15, 0.2) is 6.61 Å². The van der Waals surface area contributed by atoms with Gasteiger partial charge >= 0.3 is 5.97 Å². The molecular formula is C23H28N2O5S2. The van der Waals surface area contributed by atoms with Gasteiger partial charge in [-0.1, -0.05) is 30.7 Å². The van der Waals surface area contributed by atoms with Gasteiger partial charge in [-0.3, -0.25) is 9.59 Å². The number of nitrogens with one attached hydrogen (secondary N) is 1. The molecule has 0 atom stereocenters. The number of piperidine rings is 1. The number of para-hydroxylation sites is 1. The maximum absolute atomic E-state index is 12.7. The molecule has 2 aromatic rings. The lowest BCUT2D eigenvalue weighted by Crippen LogP contribution is -2.35. The van der Waals surface area contributed by atoms with Crippen molar-refractivity contribution in [2.45, 2.75) is 41.9 Å². The average molecular weight is 477 g/mol. The van der Waals surface area contributed by atoms with E-state index in [9.17, 15) is 18.0 Å². The molecule has 172 valence electrons. The first-order chi connectivity index (χ1) is 15.4. The van der Waals surface area contributed by atoms with Gasteiger partial charge in [-0.2, -0.15) is 4.31 Å². The van der Waals surface area contributed by atoms with Gasteiger partial charge in [0.25, 0.3) is 5.91 Å². The van der Waals surface area contributed by atoms with Crippen LogP contribution in [0.25, 0.3) is 0 Å². The van der Waals surface area contributed by atoms with E-state index in [2.05, 4.69) is 5.32 Å². The van der Waals surface area contributed by atoms with Crippen molar-refractivity contribution in [1.29, 1.82) is 0 Å². The molecule has 1 saturated heterocycles. The van der Waals surface area contributed by atoms with E-state index < -0.39 is 21.9 Å². The number of anilines is 1.